The van der Waals surface area contributed by atoms with Gasteiger partial charge in [0.1, 0.15) is 0 Å². The lowest BCUT2D eigenvalue weighted by atomic mass is 9.78. The van der Waals surface area contributed by atoms with Crippen LogP contribution in [0.4, 0.5) is 0 Å². The molecule has 0 atom stereocenters. The molecule has 0 saturated carbocycles. The van der Waals surface area contributed by atoms with Crippen molar-refractivity contribution >= 4 is 43.4 Å². The highest BCUT2D eigenvalue weighted by atomic mass is 79.9. The third kappa shape index (κ3) is 3.50. The fraction of sp³-hybridized carbons (Fsp3) is 0.176. The molecule has 2 aromatic carbocycles. The maximum Gasteiger partial charge on any atom is 0.176 e. The summed E-state index contributed by atoms with van der Waals surface area (Å²) in [6.45, 7) is 3.33. The second kappa shape index (κ2) is 6.24. The number of hydrogen-bond acceptors (Lipinski definition) is 2. The molecule has 0 unspecified atom stereocenters. The van der Waals surface area contributed by atoms with Crippen LogP contribution >= 0.6 is 31.9 Å². The maximum atomic E-state index is 12.7. The number of Topliss-reactive ketones (excluding diaryl/α,β-unsaturated/α-hetero) is 2. The number of carbonyl (C=O) groups excluding carboxylic acids is 2. The number of benzene rings is 2. The predicted octanol–water partition coefficient (Wildman–Crippen LogP) is 5.30. The van der Waals surface area contributed by atoms with E-state index >= 15 is 0 Å². The standard InChI is InChI=1S/C17H14Br2O2/c1-17(2,15(20)11-5-3-7-13(18)9-11)16(21)12-6-4-8-14(19)10-12/h3-10H,1-2H3. The molecule has 0 aromatic heterocycles. The summed E-state index contributed by atoms with van der Waals surface area (Å²) in [4.78, 5) is 25.3. The van der Waals surface area contributed by atoms with E-state index < -0.39 is 5.41 Å². The number of hydrogen-bond donors (Lipinski definition) is 0. The van der Waals surface area contributed by atoms with Gasteiger partial charge in [0.25, 0.3) is 0 Å². The van der Waals surface area contributed by atoms with Crippen LogP contribution in [0.15, 0.2) is 57.5 Å². The molecular weight excluding hydrogens is 396 g/mol. The molecule has 2 aromatic rings. The first-order chi connectivity index (χ1) is 9.82. The van der Waals surface area contributed by atoms with Gasteiger partial charge in [0.15, 0.2) is 11.6 Å². The average Bonchev–Trinajstić information content (AvgIpc) is 2.45. The highest BCUT2D eigenvalue weighted by molar-refractivity contribution is 9.10. The number of carbonyl (C=O) groups is 2. The van der Waals surface area contributed by atoms with Crippen molar-refractivity contribution in [2.75, 3.05) is 0 Å². The van der Waals surface area contributed by atoms with Gasteiger partial charge < -0.3 is 0 Å². The van der Waals surface area contributed by atoms with E-state index in [0.29, 0.717) is 11.1 Å². The minimum atomic E-state index is -1.11. The summed E-state index contributed by atoms with van der Waals surface area (Å²) in [5.41, 5.74) is -0.0582. The summed E-state index contributed by atoms with van der Waals surface area (Å²) in [6.07, 6.45) is 0. The zero-order valence-corrected chi connectivity index (χ0v) is 14.9. The molecule has 2 rings (SSSR count). The first-order valence-electron chi connectivity index (χ1n) is 6.43. The normalized spacial score (nSPS) is 11.2. The van der Waals surface area contributed by atoms with Crippen LogP contribution in [0.2, 0.25) is 0 Å². The molecule has 0 amide bonds. The van der Waals surface area contributed by atoms with Crippen molar-refractivity contribution in [1.82, 2.24) is 0 Å². The van der Waals surface area contributed by atoms with Gasteiger partial charge in [-0.2, -0.15) is 0 Å². The summed E-state index contributed by atoms with van der Waals surface area (Å²) in [5.74, 6) is -0.373. The molecule has 0 fully saturated rings. The van der Waals surface area contributed by atoms with Crippen LogP contribution in [0.5, 0.6) is 0 Å². The molecule has 2 nitrogen and oxygen atoms in total. The number of ketones is 2. The second-order valence-corrected chi connectivity index (χ2v) is 7.14. The molecule has 0 aliphatic carbocycles. The molecule has 0 aliphatic heterocycles. The van der Waals surface area contributed by atoms with Gasteiger partial charge in [-0.25, -0.2) is 0 Å². The van der Waals surface area contributed by atoms with Gasteiger partial charge in [-0.05, 0) is 38.1 Å². The van der Waals surface area contributed by atoms with E-state index in [1.807, 2.05) is 12.1 Å². The highest BCUT2D eigenvalue weighted by Gasteiger charge is 2.37. The maximum absolute atomic E-state index is 12.7. The Morgan fingerprint density at radius 2 is 1.19 bits per heavy atom. The van der Waals surface area contributed by atoms with Crippen LogP contribution in [0.25, 0.3) is 0 Å². The molecule has 0 heterocycles. The van der Waals surface area contributed by atoms with Crippen molar-refractivity contribution in [3.63, 3.8) is 0 Å². The smallest absolute Gasteiger partial charge is 0.176 e. The SMILES string of the molecule is CC(C)(C(=O)c1cccc(Br)c1)C(=O)c1cccc(Br)c1. The molecule has 0 N–H and O–H groups in total. The fourth-order valence-electron chi connectivity index (χ4n) is 2.08. The molecule has 21 heavy (non-hydrogen) atoms. The lowest BCUT2D eigenvalue weighted by Gasteiger charge is -2.22. The molecule has 108 valence electrons. The second-order valence-electron chi connectivity index (χ2n) is 5.30. The van der Waals surface area contributed by atoms with Crippen molar-refractivity contribution < 1.29 is 9.59 Å². The molecule has 0 spiro atoms. The van der Waals surface area contributed by atoms with Crippen molar-refractivity contribution in [2.24, 2.45) is 5.41 Å². The van der Waals surface area contributed by atoms with Crippen LogP contribution in [0, 0.1) is 5.41 Å². The summed E-state index contributed by atoms with van der Waals surface area (Å²) in [7, 11) is 0. The molecule has 0 bridgehead atoms. The average molecular weight is 410 g/mol. The molecular formula is C17H14Br2O2. The Bertz CT molecular complexity index is 646. The van der Waals surface area contributed by atoms with Crippen molar-refractivity contribution in [1.29, 1.82) is 0 Å². The molecule has 0 aliphatic rings. The van der Waals surface area contributed by atoms with Gasteiger partial charge in [0.2, 0.25) is 0 Å². The van der Waals surface area contributed by atoms with Gasteiger partial charge in [-0.3, -0.25) is 9.59 Å². The third-order valence-electron chi connectivity index (χ3n) is 3.31. The molecule has 0 radical (unpaired) electrons. The molecule has 0 saturated heterocycles. The lowest BCUT2D eigenvalue weighted by molar-refractivity contribution is 0.0711. The van der Waals surface area contributed by atoms with E-state index in [1.54, 1.807) is 50.2 Å². The van der Waals surface area contributed by atoms with Gasteiger partial charge in [-0.1, -0.05) is 56.1 Å². The Morgan fingerprint density at radius 1 is 0.810 bits per heavy atom. The van der Waals surface area contributed by atoms with E-state index in [2.05, 4.69) is 31.9 Å². The lowest BCUT2D eigenvalue weighted by Crippen LogP contribution is -2.33. The Labute approximate surface area is 140 Å². The van der Waals surface area contributed by atoms with E-state index in [1.165, 1.54) is 0 Å². The van der Waals surface area contributed by atoms with Crippen LogP contribution in [0.3, 0.4) is 0 Å². The van der Waals surface area contributed by atoms with Crippen molar-refractivity contribution in [3.05, 3.63) is 68.6 Å². The summed E-state index contributed by atoms with van der Waals surface area (Å²) < 4.78 is 1.64. The number of halogens is 2. The van der Waals surface area contributed by atoms with Gasteiger partial charge in [0, 0.05) is 20.1 Å². The van der Waals surface area contributed by atoms with E-state index in [9.17, 15) is 9.59 Å². The largest absolute Gasteiger partial charge is 0.293 e. The van der Waals surface area contributed by atoms with Gasteiger partial charge >= 0.3 is 0 Å². The van der Waals surface area contributed by atoms with E-state index in [4.69, 9.17) is 0 Å². The van der Waals surface area contributed by atoms with Crippen molar-refractivity contribution in [2.45, 2.75) is 13.8 Å². The topological polar surface area (TPSA) is 34.1 Å². The zero-order valence-electron chi connectivity index (χ0n) is 11.7. The summed E-state index contributed by atoms with van der Waals surface area (Å²) in [5, 5.41) is 0. The highest BCUT2D eigenvalue weighted by Crippen LogP contribution is 2.29. The minimum absolute atomic E-state index is 0.186. The Hall–Kier alpha value is -1.26. The Kier molecular flexibility index (Phi) is 4.79. The quantitative estimate of drug-likeness (QED) is 0.506. The Balaban J connectivity index is 2.37. The predicted molar refractivity (Wildman–Crippen MR) is 90.7 cm³/mol. The van der Waals surface area contributed by atoms with Crippen LogP contribution < -0.4 is 0 Å². The first kappa shape index (κ1) is 16.1. The first-order valence-corrected chi connectivity index (χ1v) is 8.01. The monoisotopic (exact) mass is 408 g/mol. The third-order valence-corrected chi connectivity index (χ3v) is 4.30. The molecule has 4 heteroatoms. The minimum Gasteiger partial charge on any atom is -0.293 e. The van der Waals surface area contributed by atoms with Crippen molar-refractivity contribution in [3.8, 4) is 0 Å². The zero-order chi connectivity index (χ0) is 15.6. The van der Waals surface area contributed by atoms with Crippen LogP contribution in [0.1, 0.15) is 34.6 Å². The van der Waals surface area contributed by atoms with Gasteiger partial charge in [-0.15, -0.1) is 0 Å². The van der Waals surface area contributed by atoms with E-state index in [0.717, 1.165) is 8.95 Å². The fourth-order valence-corrected chi connectivity index (χ4v) is 2.88. The summed E-state index contributed by atoms with van der Waals surface area (Å²) >= 11 is 6.69. The van der Waals surface area contributed by atoms with Gasteiger partial charge in [0.05, 0.1) is 5.41 Å². The van der Waals surface area contributed by atoms with Crippen LogP contribution in [-0.2, 0) is 0 Å². The Morgan fingerprint density at radius 3 is 1.52 bits per heavy atom. The van der Waals surface area contributed by atoms with Crippen LogP contribution in [-0.4, -0.2) is 11.6 Å². The summed E-state index contributed by atoms with van der Waals surface area (Å²) in [6, 6.07) is 14.2. The van der Waals surface area contributed by atoms with E-state index in [-0.39, 0.29) is 11.6 Å². The number of rotatable bonds is 4.